The second-order valence-corrected chi connectivity index (χ2v) is 7.96. The summed E-state index contributed by atoms with van der Waals surface area (Å²) >= 11 is 3.52. The molecule has 0 amide bonds. The van der Waals surface area contributed by atoms with Crippen molar-refractivity contribution in [3.05, 3.63) is 0 Å². The Balaban J connectivity index is 1.91. The number of rotatable bonds is 14. The van der Waals surface area contributed by atoms with Gasteiger partial charge in [-0.1, -0.05) is 93.5 Å². The quantitative estimate of drug-likeness (QED) is 0.230. The maximum absolute atomic E-state index is 9.76. The lowest BCUT2D eigenvalue weighted by atomic mass is 10.0. The number of hydrogen-bond acceptors (Lipinski definition) is 3. The average Bonchev–Trinajstić information content (AvgIpc) is 2.89. The Hall–Kier alpha value is -0.0900. The first kappa shape index (κ1) is 21.0. The van der Waals surface area contributed by atoms with Gasteiger partial charge in [0.15, 0.2) is 0 Å². The monoisotopic (exact) mass is 388 g/mol. The van der Waals surface area contributed by atoms with Crippen molar-refractivity contribution >= 4 is 21.8 Å². The molecular weight excluding hydrogens is 352 g/mol. The molecule has 0 aromatic heterocycles. The summed E-state index contributed by atoms with van der Waals surface area (Å²) in [6, 6.07) is 0. The molecule has 4 heteroatoms. The van der Waals surface area contributed by atoms with Crippen LogP contribution in [0.5, 0.6) is 0 Å². The molecule has 3 nitrogen and oxygen atoms in total. The number of halogens is 1. The molecule has 1 aliphatic heterocycles. The van der Waals surface area contributed by atoms with Gasteiger partial charge in [-0.15, -0.1) is 0 Å². The number of aliphatic imine (C=N–C) groups is 1. The SMILES string of the molecule is CCCCCCCCCCCCCCC1=NC(Br)CN1C(C)O. The minimum absolute atomic E-state index is 0.157. The van der Waals surface area contributed by atoms with Gasteiger partial charge in [0.25, 0.3) is 0 Å². The molecule has 136 valence electrons. The van der Waals surface area contributed by atoms with Gasteiger partial charge in [-0.2, -0.15) is 0 Å². The lowest BCUT2D eigenvalue weighted by Gasteiger charge is -2.23. The lowest BCUT2D eigenvalue weighted by Crippen LogP contribution is -2.36. The van der Waals surface area contributed by atoms with E-state index in [0.29, 0.717) is 0 Å². The predicted octanol–water partition coefficient (Wildman–Crippen LogP) is 5.85. The molecule has 1 aliphatic rings. The van der Waals surface area contributed by atoms with Crippen LogP contribution in [0.4, 0.5) is 0 Å². The standard InChI is InChI=1S/C19H37BrN2O/c1-3-4-5-6-7-8-9-10-11-12-13-14-15-19-21-18(20)16-22(19)17(2)23/h17-18,23H,3-16H2,1-2H3. The van der Waals surface area contributed by atoms with Crippen molar-refractivity contribution in [1.82, 2.24) is 4.90 Å². The highest BCUT2D eigenvalue weighted by atomic mass is 79.9. The van der Waals surface area contributed by atoms with Gasteiger partial charge in [-0.05, 0) is 13.3 Å². The highest BCUT2D eigenvalue weighted by Crippen LogP contribution is 2.20. The van der Waals surface area contributed by atoms with E-state index in [4.69, 9.17) is 0 Å². The highest BCUT2D eigenvalue weighted by Gasteiger charge is 2.25. The molecule has 0 bridgehead atoms. The third-order valence-corrected chi connectivity index (χ3v) is 5.17. The Bertz CT molecular complexity index is 320. The van der Waals surface area contributed by atoms with Crippen molar-refractivity contribution < 1.29 is 5.11 Å². The summed E-state index contributed by atoms with van der Waals surface area (Å²) in [5.41, 5.74) is 0. The zero-order valence-electron chi connectivity index (χ0n) is 15.3. The van der Waals surface area contributed by atoms with Gasteiger partial charge in [-0.3, -0.25) is 4.99 Å². The van der Waals surface area contributed by atoms with Crippen molar-refractivity contribution in [3.63, 3.8) is 0 Å². The molecule has 23 heavy (non-hydrogen) atoms. The van der Waals surface area contributed by atoms with Crippen LogP contribution in [-0.2, 0) is 0 Å². The average molecular weight is 389 g/mol. The van der Waals surface area contributed by atoms with E-state index in [9.17, 15) is 5.11 Å². The Labute approximate surface area is 152 Å². The molecule has 2 unspecified atom stereocenters. The van der Waals surface area contributed by atoms with E-state index in [0.717, 1.165) is 18.8 Å². The van der Waals surface area contributed by atoms with Crippen LogP contribution in [0.15, 0.2) is 4.99 Å². The van der Waals surface area contributed by atoms with E-state index in [1.54, 1.807) is 0 Å². The number of hydrogen-bond donors (Lipinski definition) is 1. The fourth-order valence-corrected chi connectivity index (χ4v) is 3.79. The Morgan fingerprint density at radius 1 is 1.00 bits per heavy atom. The molecule has 0 spiro atoms. The maximum Gasteiger partial charge on any atom is 0.125 e. The van der Waals surface area contributed by atoms with Gasteiger partial charge in [-0.25, -0.2) is 0 Å². The largest absolute Gasteiger partial charge is 0.374 e. The molecule has 0 radical (unpaired) electrons. The van der Waals surface area contributed by atoms with Crippen molar-refractivity contribution in [3.8, 4) is 0 Å². The van der Waals surface area contributed by atoms with E-state index in [2.05, 4.69) is 27.8 Å². The summed E-state index contributed by atoms with van der Waals surface area (Å²) in [5.74, 6) is 1.08. The van der Waals surface area contributed by atoms with Gasteiger partial charge in [0.2, 0.25) is 0 Å². The molecular formula is C19H37BrN2O. The maximum atomic E-state index is 9.76. The summed E-state index contributed by atoms with van der Waals surface area (Å²) < 4.78 is 0. The Kier molecular flexibility index (Phi) is 12.1. The van der Waals surface area contributed by atoms with Crippen LogP contribution in [0.1, 0.15) is 97.3 Å². The number of aliphatic hydroxyl groups is 1. The van der Waals surface area contributed by atoms with Crippen molar-refractivity contribution in [2.45, 2.75) is 108 Å². The number of amidine groups is 1. The van der Waals surface area contributed by atoms with E-state index in [1.165, 1.54) is 77.0 Å². The molecule has 0 saturated carbocycles. The van der Waals surface area contributed by atoms with Crippen LogP contribution >= 0.6 is 15.9 Å². The van der Waals surface area contributed by atoms with Crippen LogP contribution in [0.3, 0.4) is 0 Å². The third-order valence-electron chi connectivity index (χ3n) is 4.67. The molecule has 1 N–H and O–H groups in total. The number of nitrogens with zero attached hydrogens (tertiary/aromatic N) is 2. The molecule has 1 heterocycles. The van der Waals surface area contributed by atoms with Crippen LogP contribution in [0.2, 0.25) is 0 Å². The van der Waals surface area contributed by atoms with Crippen LogP contribution in [-0.4, -0.2) is 33.6 Å². The van der Waals surface area contributed by atoms with Crippen LogP contribution < -0.4 is 0 Å². The zero-order valence-corrected chi connectivity index (χ0v) is 16.9. The minimum Gasteiger partial charge on any atom is -0.374 e. The third kappa shape index (κ3) is 9.71. The van der Waals surface area contributed by atoms with Crippen molar-refractivity contribution in [2.75, 3.05) is 6.54 Å². The molecule has 0 fully saturated rings. The number of alkyl halides is 1. The second-order valence-electron chi connectivity index (χ2n) is 6.90. The topological polar surface area (TPSA) is 35.8 Å². The minimum atomic E-state index is -0.423. The van der Waals surface area contributed by atoms with E-state index in [1.807, 2.05) is 11.8 Å². The molecule has 0 aliphatic carbocycles. The van der Waals surface area contributed by atoms with Crippen LogP contribution in [0.25, 0.3) is 0 Å². The Morgan fingerprint density at radius 2 is 1.48 bits per heavy atom. The summed E-state index contributed by atoms with van der Waals surface area (Å²) in [6.07, 6.45) is 17.1. The fourth-order valence-electron chi connectivity index (χ4n) is 3.24. The van der Waals surface area contributed by atoms with E-state index >= 15 is 0 Å². The van der Waals surface area contributed by atoms with Gasteiger partial charge >= 0.3 is 0 Å². The summed E-state index contributed by atoms with van der Waals surface area (Å²) in [7, 11) is 0. The fraction of sp³-hybridized carbons (Fsp3) is 0.947. The van der Waals surface area contributed by atoms with E-state index < -0.39 is 6.23 Å². The first-order valence-corrected chi connectivity index (χ1v) is 10.7. The highest BCUT2D eigenvalue weighted by molar-refractivity contribution is 9.09. The number of aliphatic hydroxyl groups excluding tert-OH is 1. The Morgan fingerprint density at radius 3 is 1.96 bits per heavy atom. The summed E-state index contributed by atoms with van der Waals surface area (Å²) in [4.78, 5) is 6.75. The predicted molar refractivity (Wildman–Crippen MR) is 104 cm³/mol. The van der Waals surface area contributed by atoms with Gasteiger partial charge in [0, 0.05) is 6.42 Å². The lowest BCUT2D eigenvalue weighted by molar-refractivity contribution is 0.0758. The van der Waals surface area contributed by atoms with Crippen LogP contribution in [0, 0.1) is 0 Å². The van der Waals surface area contributed by atoms with Crippen molar-refractivity contribution in [2.24, 2.45) is 4.99 Å². The first-order chi connectivity index (χ1) is 11.1. The van der Waals surface area contributed by atoms with E-state index in [-0.39, 0.29) is 4.95 Å². The first-order valence-electron chi connectivity index (χ1n) is 9.80. The molecule has 0 aromatic carbocycles. The van der Waals surface area contributed by atoms with Gasteiger partial charge in [0.05, 0.1) is 6.54 Å². The second kappa shape index (κ2) is 13.2. The van der Waals surface area contributed by atoms with Crippen molar-refractivity contribution in [1.29, 1.82) is 0 Å². The molecule has 2 atom stereocenters. The molecule has 1 rings (SSSR count). The smallest absolute Gasteiger partial charge is 0.125 e. The summed E-state index contributed by atoms with van der Waals surface area (Å²) in [5, 5.41) is 9.76. The van der Waals surface area contributed by atoms with Gasteiger partial charge < -0.3 is 10.0 Å². The summed E-state index contributed by atoms with van der Waals surface area (Å²) in [6.45, 7) is 4.90. The van der Waals surface area contributed by atoms with Gasteiger partial charge in [0.1, 0.15) is 17.0 Å². The number of unbranched alkanes of at least 4 members (excludes halogenated alkanes) is 11. The zero-order chi connectivity index (χ0) is 16.9. The molecule has 0 saturated heterocycles. The normalized spacial score (nSPS) is 19.2. The molecule has 0 aromatic rings.